The highest BCUT2D eigenvalue weighted by molar-refractivity contribution is 6.08. The Morgan fingerprint density at radius 1 is 1.77 bits per heavy atom. The minimum absolute atomic E-state index is 0.314. The average molecular weight is 184 g/mol. The van der Waals surface area contributed by atoms with E-state index < -0.39 is 23.3 Å². The van der Waals surface area contributed by atoms with Crippen LogP contribution in [0.25, 0.3) is 0 Å². The van der Waals surface area contributed by atoms with Crippen molar-refractivity contribution in [2.24, 2.45) is 5.92 Å². The van der Waals surface area contributed by atoms with Crippen molar-refractivity contribution in [3.05, 3.63) is 12.2 Å². The number of allylic oxidation sites excluding steroid dienone is 1. The Hall–Kier alpha value is -1.16. The number of rotatable bonds is 2. The van der Waals surface area contributed by atoms with Crippen LogP contribution in [0.1, 0.15) is 13.3 Å². The molecule has 4 nitrogen and oxygen atoms in total. The Morgan fingerprint density at radius 3 is 2.85 bits per heavy atom. The van der Waals surface area contributed by atoms with E-state index in [4.69, 9.17) is 0 Å². The van der Waals surface area contributed by atoms with Crippen LogP contribution in [0, 0.1) is 5.92 Å². The van der Waals surface area contributed by atoms with Gasteiger partial charge in [-0.2, -0.15) is 0 Å². The maximum Gasteiger partial charge on any atom is 0.319 e. The molecule has 2 atom stereocenters. The molecule has 1 aliphatic carbocycles. The molecule has 0 fully saturated rings. The summed E-state index contributed by atoms with van der Waals surface area (Å²) >= 11 is 0. The standard InChI is InChI=1S/C9H12O4/c1-3-9(12)5-4-6(10)7(9)8(11)13-2/h4-5,7,12H,3H2,1-2H3/t7-,9-/m1/s1. The third-order valence-electron chi connectivity index (χ3n) is 2.32. The first-order valence-corrected chi connectivity index (χ1v) is 4.08. The highest BCUT2D eigenvalue weighted by atomic mass is 16.5. The Kier molecular flexibility index (Phi) is 2.52. The van der Waals surface area contributed by atoms with Crippen molar-refractivity contribution in [3.63, 3.8) is 0 Å². The van der Waals surface area contributed by atoms with Gasteiger partial charge in [0.25, 0.3) is 0 Å². The number of ether oxygens (including phenoxy) is 1. The van der Waals surface area contributed by atoms with E-state index >= 15 is 0 Å². The van der Waals surface area contributed by atoms with Gasteiger partial charge in [0.1, 0.15) is 5.60 Å². The molecule has 0 saturated carbocycles. The molecule has 13 heavy (non-hydrogen) atoms. The fraction of sp³-hybridized carbons (Fsp3) is 0.556. The highest BCUT2D eigenvalue weighted by Crippen LogP contribution is 2.30. The van der Waals surface area contributed by atoms with Crippen molar-refractivity contribution in [2.45, 2.75) is 18.9 Å². The summed E-state index contributed by atoms with van der Waals surface area (Å²) in [6.07, 6.45) is 2.90. The van der Waals surface area contributed by atoms with Gasteiger partial charge in [-0.05, 0) is 18.6 Å². The number of ketones is 1. The van der Waals surface area contributed by atoms with E-state index in [1.807, 2.05) is 0 Å². The van der Waals surface area contributed by atoms with Gasteiger partial charge in [0.15, 0.2) is 11.7 Å². The van der Waals surface area contributed by atoms with Crippen LogP contribution in [0.3, 0.4) is 0 Å². The fourth-order valence-electron chi connectivity index (χ4n) is 1.43. The first-order chi connectivity index (χ1) is 6.05. The lowest BCUT2D eigenvalue weighted by molar-refractivity contribution is -0.155. The van der Waals surface area contributed by atoms with Gasteiger partial charge < -0.3 is 9.84 Å². The molecule has 0 aromatic rings. The molecule has 0 bridgehead atoms. The molecule has 0 aliphatic heterocycles. The van der Waals surface area contributed by atoms with E-state index in [2.05, 4.69) is 4.74 Å². The molecule has 1 N–H and O–H groups in total. The van der Waals surface area contributed by atoms with Crippen LogP contribution in [0.5, 0.6) is 0 Å². The van der Waals surface area contributed by atoms with Crippen molar-refractivity contribution in [2.75, 3.05) is 7.11 Å². The zero-order valence-corrected chi connectivity index (χ0v) is 7.61. The second kappa shape index (κ2) is 3.30. The van der Waals surface area contributed by atoms with E-state index in [-0.39, 0.29) is 0 Å². The highest BCUT2D eigenvalue weighted by Gasteiger charge is 2.47. The molecule has 4 heteroatoms. The molecule has 0 unspecified atom stereocenters. The van der Waals surface area contributed by atoms with Crippen LogP contribution < -0.4 is 0 Å². The summed E-state index contributed by atoms with van der Waals surface area (Å²) in [5.74, 6) is -2.15. The van der Waals surface area contributed by atoms with Crippen LogP contribution in [0.15, 0.2) is 12.2 Å². The predicted molar refractivity (Wildman–Crippen MR) is 44.9 cm³/mol. The van der Waals surface area contributed by atoms with E-state index in [1.165, 1.54) is 19.3 Å². The van der Waals surface area contributed by atoms with Gasteiger partial charge in [-0.3, -0.25) is 9.59 Å². The molecule has 1 rings (SSSR count). The molecule has 1 aliphatic rings. The normalized spacial score (nSPS) is 32.2. The number of aliphatic hydroxyl groups is 1. The monoisotopic (exact) mass is 184 g/mol. The first-order valence-electron chi connectivity index (χ1n) is 4.08. The number of hydrogen-bond donors (Lipinski definition) is 1. The number of carbonyl (C=O) groups is 2. The van der Waals surface area contributed by atoms with Crippen molar-refractivity contribution < 1.29 is 19.4 Å². The van der Waals surface area contributed by atoms with Crippen molar-refractivity contribution in [1.82, 2.24) is 0 Å². The minimum Gasteiger partial charge on any atom is -0.468 e. The molecule has 0 aromatic carbocycles. The summed E-state index contributed by atoms with van der Waals surface area (Å²) < 4.78 is 4.44. The van der Waals surface area contributed by atoms with Gasteiger partial charge in [-0.15, -0.1) is 0 Å². The molecular formula is C9H12O4. The SMILES string of the molecule is CC[C@@]1(O)C=CC(=O)[C@@H]1C(=O)OC. The summed E-state index contributed by atoms with van der Waals surface area (Å²) in [6, 6.07) is 0. The molecule has 0 heterocycles. The second-order valence-electron chi connectivity index (χ2n) is 3.04. The van der Waals surface area contributed by atoms with Crippen LogP contribution in [-0.2, 0) is 14.3 Å². The van der Waals surface area contributed by atoms with Crippen LogP contribution in [0.2, 0.25) is 0 Å². The summed E-state index contributed by atoms with van der Waals surface area (Å²) in [5.41, 5.74) is -1.36. The zero-order valence-electron chi connectivity index (χ0n) is 7.61. The molecule has 0 saturated heterocycles. The van der Waals surface area contributed by atoms with Gasteiger partial charge in [-0.25, -0.2) is 0 Å². The lowest BCUT2D eigenvalue weighted by Gasteiger charge is -2.24. The average Bonchev–Trinajstić information content (AvgIpc) is 2.43. The second-order valence-corrected chi connectivity index (χ2v) is 3.04. The largest absolute Gasteiger partial charge is 0.468 e. The summed E-state index contributed by atoms with van der Waals surface area (Å²) in [6.45, 7) is 1.71. The van der Waals surface area contributed by atoms with Crippen molar-refractivity contribution >= 4 is 11.8 Å². The minimum atomic E-state index is -1.36. The topological polar surface area (TPSA) is 63.6 Å². The lowest BCUT2D eigenvalue weighted by Crippen LogP contribution is -2.41. The number of hydrogen-bond acceptors (Lipinski definition) is 4. The molecule has 72 valence electrons. The summed E-state index contributed by atoms with van der Waals surface area (Å²) in [7, 11) is 1.20. The molecule has 0 spiro atoms. The number of methoxy groups -OCH3 is 1. The Morgan fingerprint density at radius 2 is 2.38 bits per heavy atom. The Balaban J connectivity index is 2.94. The van der Waals surface area contributed by atoms with Gasteiger partial charge >= 0.3 is 5.97 Å². The first kappa shape index (κ1) is 9.92. The van der Waals surface area contributed by atoms with E-state index in [0.29, 0.717) is 6.42 Å². The van der Waals surface area contributed by atoms with E-state index in [1.54, 1.807) is 6.92 Å². The zero-order chi connectivity index (χ0) is 10.1. The van der Waals surface area contributed by atoms with Crippen molar-refractivity contribution in [3.8, 4) is 0 Å². The fourth-order valence-corrected chi connectivity index (χ4v) is 1.43. The third kappa shape index (κ3) is 1.49. The smallest absolute Gasteiger partial charge is 0.319 e. The van der Waals surface area contributed by atoms with Crippen LogP contribution in [0.4, 0.5) is 0 Å². The number of carbonyl (C=O) groups excluding carboxylic acids is 2. The van der Waals surface area contributed by atoms with Gasteiger partial charge in [0.05, 0.1) is 7.11 Å². The van der Waals surface area contributed by atoms with Crippen LogP contribution in [-0.4, -0.2) is 29.6 Å². The Bertz CT molecular complexity index is 269. The third-order valence-corrected chi connectivity index (χ3v) is 2.32. The Labute approximate surface area is 76.2 Å². The van der Waals surface area contributed by atoms with E-state index in [9.17, 15) is 14.7 Å². The van der Waals surface area contributed by atoms with Gasteiger partial charge in [0, 0.05) is 0 Å². The molecule has 0 aromatic heterocycles. The quantitative estimate of drug-likeness (QED) is 0.486. The lowest BCUT2D eigenvalue weighted by atomic mass is 9.88. The maximum atomic E-state index is 11.2. The van der Waals surface area contributed by atoms with Crippen LogP contribution >= 0.6 is 0 Å². The van der Waals surface area contributed by atoms with Gasteiger partial charge in [0.2, 0.25) is 0 Å². The number of esters is 1. The van der Waals surface area contributed by atoms with Crippen molar-refractivity contribution in [1.29, 1.82) is 0 Å². The maximum absolute atomic E-state index is 11.2. The van der Waals surface area contributed by atoms with Gasteiger partial charge in [-0.1, -0.05) is 6.92 Å². The molecular weight excluding hydrogens is 172 g/mol. The summed E-state index contributed by atoms with van der Waals surface area (Å²) in [5, 5.41) is 9.82. The summed E-state index contributed by atoms with van der Waals surface area (Å²) in [4.78, 5) is 22.4. The molecule has 0 amide bonds. The predicted octanol–water partition coefficient (Wildman–Crippen LogP) is 0.0556. The molecule has 0 radical (unpaired) electrons. The van der Waals surface area contributed by atoms with E-state index in [0.717, 1.165) is 0 Å².